The minimum absolute atomic E-state index is 0.106. The molecule has 1 aliphatic heterocycles. The maximum Gasteiger partial charge on any atom is 0.459 e. The minimum atomic E-state index is -4.24. The van der Waals surface area contributed by atoms with Crippen molar-refractivity contribution in [1.29, 1.82) is 0 Å². The molecule has 1 aliphatic rings. The quantitative estimate of drug-likeness (QED) is 0.237. The summed E-state index contributed by atoms with van der Waals surface area (Å²) in [6.45, 7) is 2.55. The normalized spacial score (nSPS) is 24.8. The highest BCUT2D eigenvalue weighted by Gasteiger charge is 2.46. The molecule has 0 aliphatic carbocycles. The molecular weight excluding hydrogens is 475 g/mol. The topological polar surface area (TPSA) is 191 Å². The van der Waals surface area contributed by atoms with Crippen LogP contribution in [-0.4, -0.2) is 68.5 Å². The van der Waals surface area contributed by atoms with Gasteiger partial charge in [-0.3, -0.25) is 19.1 Å². The second-order valence-electron chi connectivity index (χ2n) is 7.23. The van der Waals surface area contributed by atoms with Crippen molar-refractivity contribution in [2.24, 2.45) is 0 Å². The summed E-state index contributed by atoms with van der Waals surface area (Å²) in [6.07, 6.45) is -5.11. The number of ether oxygens (including phenoxy) is 2. The predicted octanol–water partition coefficient (Wildman–Crippen LogP) is -0.704. The summed E-state index contributed by atoms with van der Waals surface area (Å²) in [5, 5.41) is 26.7. The number of nitrogens with zero attached hydrogens (tertiary/aromatic N) is 2. The molecule has 1 aromatic heterocycles. The zero-order valence-electron chi connectivity index (χ0n) is 18.3. The Morgan fingerprint density at radius 2 is 2.00 bits per heavy atom. The van der Waals surface area contributed by atoms with E-state index in [0.29, 0.717) is 4.68 Å². The third-order valence-corrected chi connectivity index (χ3v) is 6.33. The van der Waals surface area contributed by atoms with Crippen molar-refractivity contribution < 1.29 is 38.1 Å². The van der Waals surface area contributed by atoms with Gasteiger partial charge in [0.25, 0.3) is 5.56 Å². The van der Waals surface area contributed by atoms with E-state index in [9.17, 15) is 29.2 Å². The van der Waals surface area contributed by atoms with E-state index in [2.05, 4.69) is 10.2 Å². The van der Waals surface area contributed by atoms with Crippen LogP contribution < -0.4 is 20.9 Å². The Balaban J connectivity index is 1.75. The van der Waals surface area contributed by atoms with Crippen LogP contribution >= 0.6 is 7.75 Å². The molecule has 2 aromatic rings. The third-order valence-electron chi connectivity index (χ3n) is 4.69. The maximum absolute atomic E-state index is 13.4. The summed E-state index contributed by atoms with van der Waals surface area (Å²) in [5.74, 6) is -0.525. The van der Waals surface area contributed by atoms with Crippen molar-refractivity contribution >= 4 is 13.7 Å². The van der Waals surface area contributed by atoms with E-state index in [1.54, 1.807) is 25.1 Å². The SMILES string of the molecule is CCOC(=O)[C@H](C)NP(=O)(OCC1OC(n2ncc(=O)[nH]c2=O)C(O)C1O)Oc1ccccc1. The molecule has 1 aromatic carbocycles. The van der Waals surface area contributed by atoms with Gasteiger partial charge in [0, 0.05) is 0 Å². The third kappa shape index (κ3) is 6.17. The van der Waals surface area contributed by atoms with Crippen molar-refractivity contribution in [2.45, 2.75) is 44.4 Å². The van der Waals surface area contributed by atoms with E-state index in [0.717, 1.165) is 6.20 Å². The summed E-state index contributed by atoms with van der Waals surface area (Å²) in [6, 6.07) is 6.93. The van der Waals surface area contributed by atoms with E-state index < -0.39 is 62.2 Å². The van der Waals surface area contributed by atoms with E-state index in [1.165, 1.54) is 19.1 Å². The first kappa shape index (κ1) is 25.7. The number of rotatable bonds is 10. The molecule has 0 bridgehead atoms. The Morgan fingerprint density at radius 3 is 2.65 bits per heavy atom. The first-order valence-corrected chi connectivity index (χ1v) is 11.8. The van der Waals surface area contributed by atoms with Crippen LogP contribution in [0.25, 0.3) is 0 Å². The summed E-state index contributed by atoms with van der Waals surface area (Å²) < 4.78 is 35.3. The van der Waals surface area contributed by atoms with Crippen LogP contribution in [-0.2, 0) is 23.4 Å². The van der Waals surface area contributed by atoms with Gasteiger partial charge in [-0.25, -0.2) is 9.36 Å². The molecule has 0 radical (unpaired) electrons. The lowest BCUT2D eigenvalue weighted by Gasteiger charge is -2.24. The van der Waals surface area contributed by atoms with E-state index >= 15 is 0 Å². The molecular formula is C19H25N4O10P. The van der Waals surface area contributed by atoms with Crippen LogP contribution in [0.5, 0.6) is 5.75 Å². The Kier molecular flexibility index (Phi) is 8.36. The predicted molar refractivity (Wildman–Crippen MR) is 115 cm³/mol. The fourth-order valence-corrected chi connectivity index (χ4v) is 4.55. The van der Waals surface area contributed by atoms with Crippen molar-refractivity contribution in [3.8, 4) is 5.75 Å². The average molecular weight is 500 g/mol. The molecule has 1 fully saturated rings. The van der Waals surface area contributed by atoms with Gasteiger partial charge >= 0.3 is 19.4 Å². The summed E-state index contributed by atoms with van der Waals surface area (Å²) >= 11 is 0. The van der Waals surface area contributed by atoms with Gasteiger partial charge in [-0.15, -0.1) is 0 Å². The van der Waals surface area contributed by atoms with Crippen LogP contribution in [0.1, 0.15) is 20.1 Å². The number of aliphatic hydroxyl groups is 2. The zero-order valence-corrected chi connectivity index (χ0v) is 19.2. The minimum Gasteiger partial charge on any atom is -0.465 e. The van der Waals surface area contributed by atoms with Gasteiger partial charge in [0.2, 0.25) is 0 Å². The van der Waals surface area contributed by atoms with Crippen LogP contribution in [0, 0.1) is 0 Å². The standard InChI is InChI=1S/C19H25N4O10P/c1-3-30-18(27)11(2)22-34(29,33-12-7-5-4-6-8-12)31-10-13-15(25)16(26)17(32-13)23-19(28)21-14(24)9-20-23/h4-9,11,13,15-17,25-26H,3,10H2,1-2H3,(H,22,29)(H,21,24,28)/t11-,13?,15?,16?,17?,34?/m0/s1. The van der Waals surface area contributed by atoms with Crippen molar-refractivity contribution in [3.05, 3.63) is 57.4 Å². The smallest absolute Gasteiger partial charge is 0.459 e. The van der Waals surface area contributed by atoms with E-state index in [4.69, 9.17) is 18.5 Å². The number of H-pyrrole nitrogens is 1. The Labute approximate surface area is 193 Å². The number of hydrogen-bond donors (Lipinski definition) is 4. The Morgan fingerprint density at radius 1 is 1.29 bits per heavy atom. The van der Waals surface area contributed by atoms with Gasteiger partial charge in [-0.1, -0.05) is 18.2 Å². The van der Waals surface area contributed by atoms with Gasteiger partial charge in [-0.05, 0) is 26.0 Å². The van der Waals surface area contributed by atoms with Gasteiger partial charge in [0.1, 0.15) is 36.3 Å². The second-order valence-corrected chi connectivity index (χ2v) is 8.92. The molecule has 0 amide bonds. The summed E-state index contributed by atoms with van der Waals surface area (Å²) in [5.41, 5.74) is -1.72. The fourth-order valence-electron chi connectivity index (χ4n) is 3.05. The number of aromatic nitrogens is 3. The number of esters is 1. The number of aliphatic hydroxyl groups excluding tert-OH is 2. The van der Waals surface area contributed by atoms with Crippen LogP contribution in [0.4, 0.5) is 0 Å². The molecule has 4 N–H and O–H groups in total. The molecule has 5 unspecified atom stereocenters. The van der Waals surface area contributed by atoms with Crippen LogP contribution in [0.2, 0.25) is 0 Å². The number of benzene rings is 1. The number of carbonyl (C=O) groups excluding carboxylic acids is 1. The maximum atomic E-state index is 13.4. The Hall–Kier alpha value is -2.87. The highest BCUT2D eigenvalue weighted by molar-refractivity contribution is 7.52. The van der Waals surface area contributed by atoms with Crippen LogP contribution in [0.15, 0.2) is 46.1 Å². The molecule has 186 valence electrons. The second kappa shape index (κ2) is 11.0. The van der Waals surface area contributed by atoms with Gasteiger partial charge in [0.05, 0.1) is 13.2 Å². The molecule has 2 heterocycles. The molecule has 0 spiro atoms. The number of para-hydroxylation sites is 1. The van der Waals surface area contributed by atoms with Crippen molar-refractivity contribution in [2.75, 3.05) is 13.2 Å². The number of hydrogen-bond acceptors (Lipinski definition) is 11. The van der Waals surface area contributed by atoms with Gasteiger partial charge in [0.15, 0.2) is 6.23 Å². The van der Waals surface area contributed by atoms with E-state index in [1.807, 2.05) is 4.98 Å². The molecule has 15 heteroatoms. The van der Waals surface area contributed by atoms with Gasteiger partial charge < -0.3 is 24.2 Å². The lowest BCUT2D eigenvalue weighted by atomic mass is 10.1. The molecule has 14 nitrogen and oxygen atoms in total. The number of carbonyl (C=O) groups is 1. The van der Waals surface area contributed by atoms with E-state index in [-0.39, 0.29) is 12.4 Å². The molecule has 1 saturated heterocycles. The van der Waals surface area contributed by atoms with Crippen LogP contribution in [0.3, 0.4) is 0 Å². The molecule has 3 rings (SSSR count). The molecule has 6 atom stereocenters. The van der Waals surface area contributed by atoms with Crippen molar-refractivity contribution in [3.63, 3.8) is 0 Å². The Bertz CT molecular complexity index is 1140. The molecule has 34 heavy (non-hydrogen) atoms. The zero-order chi connectivity index (χ0) is 24.9. The lowest BCUT2D eigenvalue weighted by Crippen LogP contribution is -2.39. The fraction of sp³-hybridized carbons (Fsp3) is 0.474. The average Bonchev–Trinajstić information content (AvgIpc) is 3.07. The largest absolute Gasteiger partial charge is 0.465 e. The first-order chi connectivity index (χ1) is 16.1. The lowest BCUT2D eigenvalue weighted by molar-refractivity contribution is -0.144. The monoisotopic (exact) mass is 500 g/mol. The summed E-state index contributed by atoms with van der Waals surface area (Å²) in [4.78, 5) is 37.2. The number of aromatic amines is 1. The highest BCUT2D eigenvalue weighted by Crippen LogP contribution is 2.45. The van der Waals surface area contributed by atoms with Gasteiger partial charge in [-0.2, -0.15) is 14.9 Å². The molecule has 0 saturated carbocycles. The number of nitrogens with one attached hydrogen (secondary N) is 2. The summed E-state index contributed by atoms with van der Waals surface area (Å²) in [7, 11) is -4.24. The first-order valence-electron chi connectivity index (χ1n) is 10.3. The van der Waals surface area contributed by atoms with Crippen molar-refractivity contribution in [1.82, 2.24) is 19.9 Å². The highest BCUT2D eigenvalue weighted by atomic mass is 31.2.